The second-order valence-electron chi connectivity index (χ2n) is 11.1. The molecule has 1 aliphatic rings. The number of carboxylic acid groups (broad SMARTS) is 1. The maximum absolute atomic E-state index is 14.1. The summed E-state index contributed by atoms with van der Waals surface area (Å²) in [6, 6.07) is 10.0. The number of anilines is 5. The third-order valence-corrected chi connectivity index (χ3v) is 9.82. The molecule has 0 spiro atoms. The summed E-state index contributed by atoms with van der Waals surface area (Å²) in [5.41, 5.74) is 1.00. The van der Waals surface area contributed by atoms with E-state index in [1.807, 2.05) is 4.90 Å². The molecule has 13 nitrogen and oxygen atoms in total. The van der Waals surface area contributed by atoms with Crippen molar-refractivity contribution in [2.24, 2.45) is 7.05 Å². The summed E-state index contributed by atoms with van der Waals surface area (Å²) in [5, 5.41) is 26.7. The normalized spacial score (nSPS) is 14.4. The van der Waals surface area contributed by atoms with Gasteiger partial charge in [0.15, 0.2) is 0 Å². The number of rotatable bonds is 13. The molecule has 4 N–H and O–H groups in total. The molecule has 5 rings (SSSR count). The highest BCUT2D eigenvalue weighted by Gasteiger charge is 2.36. The SMILES string of the molecule is CCOP(=O)(Cc1ccc(Nc2ncc(C(F)(F)F)c(Nc3ccc(N4CCN(CC(=O)O)CC4)c4cn(C)c(O)c34)n2)cc1)OCC. The summed E-state index contributed by atoms with van der Waals surface area (Å²) in [7, 11) is -1.70. The summed E-state index contributed by atoms with van der Waals surface area (Å²) in [4.78, 5) is 23.0. The molecule has 0 aliphatic carbocycles. The lowest BCUT2D eigenvalue weighted by Gasteiger charge is -2.35. The maximum atomic E-state index is 14.1. The molecule has 0 unspecified atom stereocenters. The van der Waals surface area contributed by atoms with Gasteiger partial charge in [-0.25, -0.2) is 4.98 Å². The molecule has 1 saturated heterocycles. The predicted molar refractivity (Wildman–Crippen MR) is 175 cm³/mol. The molecule has 48 heavy (non-hydrogen) atoms. The highest BCUT2D eigenvalue weighted by molar-refractivity contribution is 7.53. The average molecular weight is 692 g/mol. The van der Waals surface area contributed by atoms with E-state index in [0.717, 1.165) is 5.69 Å². The van der Waals surface area contributed by atoms with E-state index in [1.54, 1.807) is 63.5 Å². The third kappa shape index (κ3) is 8.01. The number of aryl methyl sites for hydroxylation is 1. The Morgan fingerprint density at radius 3 is 2.29 bits per heavy atom. The Morgan fingerprint density at radius 2 is 1.69 bits per heavy atom. The molecule has 0 bridgehead atoms. The Balaban J connectivity index is 1.41. The fourth-order valence-corrected chi connectivity index (χ4v) is 7.27. The van der Waals surface area contributed by atoms with E-state index in [4.69, 9.17) is 14.2 Å². The number of halogens is 3. The lowest BCUT2D eigenvalue weighted by atomic mass is 10.1. The van der Waals surface area contributed by atoms with Crippen LogP contribution in [0.3, 0.4) is 0 Å². The van der Waals surface area contributed by atoms with Gasteiger partial charge in [-0.15, -0.1) is 0 Å². The number of benzene rings is 2. The fraction of sp³-hybridized carbons (Fsp3) is 0.387. The zero-order valence-electron chi connectivity index (χ0n) is 26.6. The summed E-state index contributed by atoms with van der Waals surface area (Å²) in [5.74, 6) is -1.70. The first kappa shape index (κ1) is 35.0. The molecule has 0 atom stereocenters. The largest absolute Gasteiger partial charge is 0.494 e. The molecule has 1 aliphatic heterocycles. The van der Waals surface area contributed by atoms with Crippen molar-refractivity contribution in [1.29, 1.82) is 0 Å². The standard InChI is InChI=1S/C31H37F3N7O6P/c1-4-46-48(45,47-5-2)19-20-6-8-21(9-7-20)36-30-35-16-23(31(32,33)34)28(38-30)37-24-10-11-25(22-17-39(3)29(44)27(22)24)41-14-12-40(13-15-41)18-26(42)43/h6-11,16-17,44H,4-5,12-15,18-19H2,1-3H3,(H,42,43)(H2,35,36,37,38). The fourth-order valence-electron chi connectivity index (χ4n) is 5.57. The quantitative estimate of drug-likeness (QED) is 0.119. The van der Waals surface area contributed by atoms with E-state index in [9.17, 15) is 27.6 Å². The molecule has 3 heterocycles. The highest BCUT2D eigenvalue weighted by atomic mass is 31.2. The second kappa shape index (κ2) is 14.4. The summed E-state index contributed by atoms with van der Waals surface area (Å²) in [6.07, 6.45) is -2.36. The first-order valence-corrected chi connectivity index (χ1v) is 17.0. The minimum absolute atomic E-state index is 0.0559. The van der Waals surface area contributed by atoms with Gasteiger partial charge in [0.1, 0.15) is 11.4 Å². The average Bonchev–Trinajstić information content (AvgIpc) is 3.32. The van der Waals surface area contributed by atoms with Crippen molar-refractivity contribution in [2.75, 3.05) is 61.5 Å². The zero-order chi connectivity index (χ0) is 34.6. The van der Waals surface area contributed by atoms with E-state index >= 15 is 0 Å². The van der Waals surface area contributed by atoms with Crippen molar-refractivity contribution in [2.45, 2.75) is 26.2 Å². The number of aromatic nitrogens is 3. The van der Waals surface area contributed by atoms with E-state index in [0.29, 0.717) is 54.4 Å². The molecule has 0 amide bonds. The molecule has 258 valence electrons. The summed E-state index contributed by atoms with van der Waals surface area (Å²) < 4.78 is 67.4. The first-order chi connectivity index (χ1) is 22.8. The molecule has 17 heteroatoms. The first-order valence-electron chi connectivity index (χ1n) is 15.3. The van der Waals surface area contributed by atoms with Crippen LogP contribution in [0.5, 0.6) is 5.88 Å². The number of hydrogen-bond acceptors (Lipinski definition) is 11. The van der Waals surface area contributed by atoms with Gasteiger partial charge in [-0.3, -0.25) is 14.3 Å². The van der Waals surface area contributed by atoms with E-state index in [-0.39, 0.29) is 43.4 Å². The summed E-state index contributed by atoms with van der Waals surface area (Å²) >= 11 is 0. The van der Waals surface area contributed by atoms with Crippen LogP contribution >= 0.6 is 7.60 Å². The number of aromatic hydroxyl groups is 1. The molecule has 0 radical (unpaired) electrons. The summed E-state index contributed by atoms with van der Waals surface area (Å²) in [6.45, 7) is 5.94. The van der Waals surface area contributed by atoms with Crippen molar-refractivity contribution in [3.8, 4) is 5.88 Å². The van der Waals surface area contributed by atoms with Gasteiger partial charge in [0, 0.05) is 62.4 Å². The van der Waals surface area contributed by atoms with E-state index in [1.165, 1.54) is 4.57 Å². The molecule has 1 fully saturated rings. The van der Waals surface area contributed by atoms with Gasteiger partial charge in [0.05, 0.1) is 37.0 Å². The van der Waals surface area contributed by atoms with Crippen LogP contribution in [0, 0.1) is 0 Å². The number of nitrogens with one attached hydrogen (secondary N) is 2. The number of nitrogens with zero attached hydrogens (tertiary/aromatic N) is 5. The Labute approximate surface area is 274 Å². The number of piperazine rings is 1. The van der Waals surface area contributed by atoms with Crippen LogP contribution in [-0.4, -0.2) is 81.6 Å². The number of hydrogen-bond donors (Lipinski definition) is 4. The second-order valence-corrected chi connectivity index (χ2v) is 13.2. The maximum Gasteiger partial charge on any atom is 0.421 e. The van der Waals surface area contributed by atoms with Gasteiger partial charge < -0.3 is 39.4 Å². The van der Waals surface area contributed by atoms with Crippen LogP contribution in [0.25, 0.3) is 10.8 Å². The molecule has 2 aromatic carbocycles. The van der Waals surface area contributed by atoms with Crippen molar-refractivity contribution in [1.82, 2.24) is 19.4 Å². The van der Waals surface area contributed by atoms with Crippen LogP contribution in [0.1, 0.15) is 25.0 Å². The minimum Gasteiger partial charge on any atom is -0.494 e. The number of carboxylic acids is 1. The van der Waals surface area contributed by atoms with Gasteiger partial charge in [0.25, 0.3) is 0 Å². The zero-order valence-corrected chi connectivity index (χ0v) is 27.5. The number of fused-ring (bicyclic) bond motifs is 1. The van der Waals surface area contributed by atoms with Crippen molar-refractivity contribution >= 4 is 53.2 Å². The van der Waals surface area contributed by atoms with Crippen molar-refractivity contribution in [3.05, 3.63) is 59.9 Å². The van der Waals surface area contributed by atoms with Gasteiger partial charge in [-0.2, -0.15) is 18.2 Å². The third-order valence-electron chi connectivity index (χ3n) is 7.76. The molecule has 0 saturated carbocycles. The van der Waals surface area contributed by atoms with Crippen molar-refractivity contribution in [3.63, 3.8) is 0 Å². The van der Waals surface area contributed by atoms with Gasteiger partial charge in [-0.05, 0) is 43.7 Å². The van der Waals surface area contributed by atoms with Crippen LogP contribution in [0.15, 0.2) is 48.8 Å². The van der Waals surface area contributed by atoms with Crippen LogP contribution in [0.2, 0.25) is 0 Å². The number of alkyl halides is 3. The predicted octanol–water partition coefficient (Wildman–Crippen LogP) is 6.15. The van der Waals surface area contributed by atoms with E-state index in [2.05, 4.69) is 25.5 Å². The van der Waals surface area contributed by atoms with Crippen LogP contribution in [-0.2, 0) is 37.8 Å². The highest BCUT2D eigenvalue weighted by Crippen LogP contribution is 2.51. The lowest BCUT2D eigenvalue weighted by molar-refractivity contribution is -0.138. The Kier molecular flexibility index (Phi) is 10.5. The molecular formula is C31H37F3N7O6P. The monoisotopic (exact) mass is 691 g/mol. The lowest BCUT2D eigenvalue weighted by Crippen LogP contribution is -2.48. The topological polar surface area (TPSA) is 154 Å². The Hall–Kier alpha value is -4.37. The number of carbonyl (C=O) groups is 1. The van der Waals surface area contributed by atoms with Crippen LogP contribution < -0.4 is 15.5 Å². The Morgan fingerprint density at radius 1 is 1.02 bits per heavy atom. The number of aliphatic carboxylic acids is 1. The molecular weight excluding hydrogens is 654 g/mol. The Bertz CT molecular complexity index is 1800. The minimum atomic E-state index is -4.79. The molecule has 4 aromatic rings. The smallest absolute Gasteiger partial charge is 0.421 e. The van der Waals surface area contributed by atoms with Gasteiger partial charge in [-0.1, -0.05) is 12.1 Å². The molecule has 2 aromatic heterocycles. The van der Waals surface area contributed by atoms with Gasteiger partial charge in [0.2, 0.25) is 11.8 Å². The van der Waals surface area contributed by atoms with Crippen LogP contribution in [0.4, 0.5) is 42.0 Å². The van der Waals surface area contributed by atoms with E-state index < -0.39 is 31.1 Å². The van der Waals surface area contributed by atoms with Gasteiger partial charge >= 0.3 is 19.7 Å². The van der Waals surface area contributed by atoms with Crippen molar-refractivity contribution < 1.29 is 41.8 Å².